The number of fused-ring (bicyclic) bond motifs is 2. The van der Waals surface area contributed by atoms with Crippen LogP contribution in [0.15, 0.2) is 36.4 Å². The van der Waals surface area contributed by atoms with Gasteiger partial charge in [-0.1, -0.05) is 18.2 Å². The number of carbonyl (C=O) groups is 1. The fourth-order valence-electron chi connectivity index (χ4n) is 3.82. The van der Waals surface area contributed by atoms with Gasteiger partial charge in [-0.15, -0.1) is 0 Å². The van der Waals surface area contributed by atoms with Crippen molar-refractivity contribution < 1.29 is 19.0 Å². The highest BCUT2D eigenvalue weighted by Gasteiger charge is 2.31. The predicted molar refractivity (Wildman–Crippen MR) is 97.8 cm³/mol. The summed E-state index contributed by atoms with van der Waals surface area (Å²) in [7, 11) is 3.27. The molecule has 136 valence electrons. The van der Waals surface area contributed by atoms with E-state index in [1.54, 1.807) is 14.2 Å². The summed E-state index contributed by atoms with van der Waals surface area (Å²) < 4.78 is 16.6. The molecule has 2 aliphatic rings. The largest absolute Gasteiger partial charge is 0.493 e. The molecule has 0 saturated heterocycles. The normalized spacial score (nSPS) is 18.4. The first kappa shape index (κ1) is 16.8. The van der Waals surface area contributed by atoms with Crippen molar-refractivity contribution in [3.63, 3.8) is 0 Å². The quantitative estimate of drug-likeness (QED) is 0.851. The van der Waals surface area contributed by atoms with Crippen molar-refractivity contribution in [2.24, 2.45) is 5.92 Å². The number of hydrogen-bond acceptors (Lipinski definition) is 4. The number of nitrogens with zero attached hydrogens (tertiary/aromatic N) is 1. The van der Waals surface area contributed by atoms with Crippen LogP contribution >= 0.6 is 0 Å². The molecule has 4 rings (SSSR count). The first-order valence-electron chi connectivity index (χ1n) is 8.93. The monoisotopic (exact) mass is 353 g/mol. The fourth-order valence-corrected chi connectivity index (χ4v) is 3.82. The van der Waals surface area contributed by atoms with Gasteiger partial charge >= 0.3 is 0 Å². The van der Waals surface area contributed by atoms with Crippen LogP contribution < -0.4 is 14.2 Å². The minimum absolute atomic E-state index is 0.119. The summed E-state index contributed by atoms with van der Waals surface area (Å²) in [5.41, 5.74) is 3.46. The molecule has 0 bridgehead atoms. The third-order valence-electron chi connectivity index (χ3n) is 5.26. The lowest BCUT2D eigenvalue weighted by atomic mass is 9.93. The third-order valence-corrected chi connectivity index (χ3v) is 5.26. The molecule has 0 unspecified atom stereocenters. The van der Waals surface area contributed by atoms with E-state index in [4.69, 9.17) is 14.2 Å². The van der Waals surface area contributed by atoms with Gasteiger partial charge in [0.2, 0.25) is 5.91 Å². The van der Waals surface area contributed by atoms with E-state index < -0.39 is 0 Å². The molecule has 0 aliphatic carbocycles. The summed E-state index contributed by atoms with van der Waals surface area (Å²) in [6.07, 6.45) is 1.57. The van der Waals surface area contributed by atoms with Crippen LogP contribution in [0.25, 0.3) is 0 Å². The molecule has 2 aromatic carbocycles. The molecule has 0 spiro atoms. The topological polar surface area (TPSA) is 48.0 Å². The predicted octanol–water partition coefficient (Wildman–Crippen LogP) is 2.84. The fraction of sp³-hybridized carbons (Fsp3) is 0.381. The number of para-hydroxylation sites is 1. The van der Waals surface area contributed by atoms with Crippen molar-refractivity contribution in [1.82, 2.24) is 4.90 Å². The molecule has 5 nitrogen and oxygen atoms in total. The zero-order chi connectivity index (χ0) is 18.1. The number of benzene rings is 2. The molecule has 5 heteroatoms. The minimum atomic E-state index is -0.119. The molecule has 26 heavy (non-hydrogen) atoms. The Morgan fingerprint density at radius 1 is 1.08 bits per heavy atom. The van der Waals surface area contributed by atoms with Gasteiger partial charge in [0.15, 0.2) is 11.5 Å². The van der Waals surface area contributed by atoms with Crippen LogP contribution in [0.2, 0.25) is 0 Å². The Balaban J connectivity index is 1.51. The maximum atomic E-state index is 13.0. The van der Waals surface area contributed by atoms with Crippen molar-refractivity contribution >= 4 is 5.91 Å². The highest BCUT2D eigenvalue weighted by molar-refractivity contribution is 5.80. The standard InChI is InChI=1S/C21H23NO4/c1-24-19-10-14-7-8-22(12-16(14)11-20(19)25-2)21(23)17-9-15-5-3-4-6-18(15)26-13-17/h3-6,10-11,17H,7-9,12-13H2,1-2H3/t17-/m1/s1. The number of methoxy groups -OCH3 is 2. The molecule has 0 radical (unpaired) electrons. The van der Waals surface area contributed by atoms with Gasteiger partial charge in [0.05, 0.1) is 20.1 Å². The Kier molecular flexibility index (Phi) is 4.45. The molecule has 0 N–H and O–H groups in total. The third kappa shape index (κ3) is 2.98. The number of carbonyl (C=O) groups excluding carboxylic acids is 1. The van der Waals surface area contributed by atoms with Crippen LogP contribution in [0.3, 0.4) is 0 Å². The average molecular weight is 353 g/mol. The van der Waals surface area contributed by atoms with Gasteiger partial charge in [-0.2, -0.15) is 0 Å². The molecular formula is C21H23NO4. The van der Waals surface area contributed by atoms with Crippen LogP contribution in [-0.2, 0) is 24.2 Å². The Bertz CT molecular complexity index is 833. The van der Waals surface area contributed by atoms with E-state index in [0.717, 1.165) is 42.0 Å². The van der Waals surface area contributed by atoms with Crippen molar-refractivity contribution in [3.8, 4) is 17.2 Å². The van der Waals surface area contributed by atoms with Crippen molar-refractivity contribution in [2.75, 3.05) is 27.4 Å². The zero-order valence-corrected chi connectivity index (χ0v) is 15.2. The molecular weight excluding hydrogens is 330 g/mol. The van der Waals surface area contributed by atoms with Gasteiger partial charge < -0.3 is 19.1 Å². The van der Waals surface area contributed by atoms with Crippen molar-refractivity contribution in [2.45, 2.75) is 19.4 Å². The molecule has 0 aromatic heterocycles. The van der Waals surface area contributed by atoms with Crippen LogP contribution in [0.4, 0.5) is 0 Å². The maximum Gasteiger partial charge on any atom is 0.229 e. The van der Waals surface area contributed by atoms with Crippen LogP contribution in [0, 0.1) is 5.92 Å². The second-order valence-electron chi connectivity index (χ2n) is 6.81. The summed E-state index contributed by atoms with van der Waals surface area (Å²) >= 11 is 0. The average Bonchev–Trinajstić information content (AvgIpc) is 2.71. The first-order valence-corrected chi connectivity index (χ1v) is 8.93. The zero-order valence-electron chi connectivity index (χ0n) is 15.2. The lowest BCUT2D eigenvalue weighted by Gasteiger charge is -2.34. The second kappa shape index (κ2) is 6.90. The van der Waals surface area contributed by atoms with Gasteiger partial charge in [0.25, 0.3) is 0 Å². The molecule has 0 fully saturated rings. The van der Waals surface area contributed by atoms with Crippen LogP contribution in [0.5, 0.6) is 17.2 Å². The lowest BCUT2D eigenvalue weighted by molar-refractivity contribution is -0.137. The van der Waals surface area contributed by atoms with Crippen LogP contribution in [-0.4, -0.2) is 38.2 Å². The Hall–Kier alpha value is -2.69. The van der Waals surface area contributed by atoms with E-state index in [2.05, 4.69) is 0 Å². The van der Waals surface area contributed by atoms with E-state index in [9.17, 15) is 4.79 Å². The Morgan fingerprint density at radius 3 is 2.58 bits per heavy atom. The van der Waals surface area contributed by atoms with E-state index in [0.29, 0.717) is 18.9 Å². The molecule has 1 atom stereocenters. The SMILES string of the molecule is COc1cc2c(cc1OC)CN(C(=O)[C@H]1COc3ccccc3C1)CC2. The molecule has 0 saturated carbocycles. The second-order valence-corrected chi connectivity index (χ2v) is 6.81. The van der Waals surface area contributed by atoms with Gasteiger partial charge in [-0.3, -0.25) is 4.79 Å². The summed E-state index contributed by atoms with van der Waals surface area (Å²) in [6, 6.07) is 12.0. The van der Waals surface area contributed by atoms with Crippen molar-refractivity contribution in [3.05, 3.63) is 53.1 Å². The first-order chi connectivity index (χ1) is 12.7. The van der Waals surface area contributed by atoms with Gasteiger partial charge in [-0.25, -0.2) is 0 Å². The van der Waals surface area contributed by atoms with Crippen LogP contribution in [0.1, 0.15) is 16.7 Å². The summed E-state index contributed by atoms with van der Waals surface area (Å²) in [5.74, 6) is 2.39. The van der Waals surface area contributed by atoms with Gasteiger partial charge in [0.1, 0.15) is 12.4 Å². The minimum Gasteiger partial charge on any atom is -0.493 e. The molecule has 1 amide bonds. The highest BCUT2D eigenvalue weighted by atomic mass is 16.5. The van der Waals surface area contributed by atoms with Gasteiger partial charge in [-0.05, 0) is 47.7 Å². The molecule has 2 aliphatic heterocycles. The maximum absolute atomic E-state index is 13.0. The number of rotatable bonds is 3. The smallest absolute Gasteiger partial charge is 0.229 e. The number of hydrogen-bond donors (Lipinski definition) is 0. The van der Waals surface area contributed by atoms with Crippen molar-refractivity contribution in [1.29, 1.82) is 0 Å². The van der Waals surface area contributed by atoms with Gasteiger partial charge in [0, 0.05) is 13.1 Å². The van der Waals surface area contributed by atoms with E-state index in [1.165, 1.54) is 5.56 Å². The Labute approximate surface area is 153 Å². The van der Waals surface area contributed by atoms with E-state index in [1.807, 2.05) is 41.3 Å². The summed E-state index contributed by atoms with van der Waals surface area (Å²) in [6.45, 7) is 1.78. The van der Waals surface area contributed by atoms with E-state index >= 15 is 0 Å². The highest BCUT2D eigenvalue weighted by Crippen LogP contribution is 2.34. The summed E-state index contributed by atoms with van der Waals surface area (Å²) in [5, 5.41) is 0. The molecule has 2 heterocycles. The number of amides is 1. The Morgan fingerprint density at radius 2 is 1.81 bits per heavy atom. The molecule has 2 aromatic rings. The lowest BCUT2D eigenvalue weighted by Crippen LogP contribution is -2.43. The summed E-state index contributed by atoms with van der Waals surface area (Å²) in [4.78, 5) is 15.0. The number of ether oxygens (including phenoxy) is 3. The van der Waals surface area contributed by atoms with E-state index in [-0.39, 0.29) is 11.8 Å².